The van der Waals surface area contributed by atoms with Crippen molar-refractivity contribution >= 4 is 18.3 Å². The highest BCUT2D eigenvalue weighted by atomic mass is 35.5. The molecular weight excluding hydrogens is 314 g/mol. The van der Waals surface area contributed by atoms with Crippen molar-refractivity contribution in [2.24, 2.45) is 0 Å². The largest absolute Gasteiger partial charge is 0.493 e. The zero-order valence-corrected chi connectivity index (χ0v) is 14.5. The van der Waals surface area contributed by atoms with Crippen LogP contribution in [-0.2, 0) is 0 Å². The number of benzene rings is 1. The number of amides is 1. The topological polar surface area (TPSA) is 44.8 Å². The van der Waals surface area contributed by atoms with Crippen LogP contribution in [0, 0.1) is 0 Å². The van der Waals surface area contributed by atoms with Gasteiger partial charge in [-0.15, -0.1) is 12.4 Å². The molecule has 2 saturated heterocycles. The molecule has 1 aromatic carbocycles. The first kappa shape index (κ1) is 18.0. The third-order valence-corrected chi connectivity index (χ3v) is 4.57. The van der Waals surface area contributed by atoms with Crippen molar-refractivity contribution in [2.45, 2.75) is 19.4 Å². The fourth-order valence-corrected chi connectivity index (χ4v) is 3.34. The first-order chi connectivity index (χ1) is 10.8. The molecule has 0 aliphatic carbocycles. The van der Waals surface area contributed by atoms with Crippen molar-refractivity contribution in [1.29, 1.82) is 0 Å². The number of ether oxygens (including phenoxy) is 1. The molecule has 2 heterocycles. The standard InChI is InChI=1S/C17H25N3O2.ClH/c1-2-22-16-6-4-3-5-15(16)17(21)20-11-9-19(10-12-20)14-7-8-18-13-14;/h3-6,14,18H,2,7-13H2,1H3;1H. The van der Waals surface area contributed by atoms with E-state index in [0.29, 0.717) is 24.0 Å². The number of nitrogens with zero attached hydrogens (tertiary/aromatic N) is 2. The fourth-order valence-electron chi connectivity index (χ4n) is 3.34. The molecule has 1 unspecified atom stereocenters. The maximum Gasteiger partial charge on any atom is 0.257 e. The lowest BCUT2D eigenvalue weighted by Crippen LogP contribution is -2.52. The van der Waals surface area contributed by atoms with E-state index in [1.807, 2.05) is 36.1 Å². The lowest BCUT2D eigenvalue weighted by Gasteiger charge is -2.38. The Balaban J connectivity index is 0.00000192. The number of hydrogen-bond donors (Lipinski definition) is 1. The Hall–Kier alpha value is -1.30. The Kier molecular flexibility index (Phi) is 6.69. The van der Waals surface area contributed by atoms with Crippen LogP contribution in [0.4, 0.5) is 0 Å². The Morgan fingerprint density at radius 2 is 2.00 bits per heavy atom. The molecule has 0 radical (unpaired) electrons. The molecule has 0 bridgehead atoms. The predicted molar refractivity (Wildman–Crippen MR) is 93.6 cm³/mol. The normalized spacial score (nSPS) is 21.8. The van der Waals surface area contributed by atoms with E-state index in [4.69, 9.17) is 4.74 Å². The van der Waals surface area contributed by atoms with Gasteiger partial charge >= 0.3 is 0 Å². The van der Waals surface area contributed by atoms with Crippen LogP contribution < -0.4 is 10.1 Å². The summed E-state index contributed by atoms with van der Waals surface area (Å²) in [5, 5.41) is 3.41. The van der Waals surface area contributed by atoms with Crippen LogP contribution in [0.2, 0.25) is 0 Å². The molecule has 128 valence electrons. The molecule has 1 aromatic rings. The van der Waals surface area contributed by atoms with E-state index in [1.54, 1.807) is 0 Å². The van der Waals surface area contributed by atoms with E-state index in [9.17, 15) is 4.79 Å². The monoisotopic (exact) mass is 339 g/mol. The van der Waals surface area contributed by atoms with Gasteiger partial charge < -0.3 is 15.0 Å². The predicted octanol–water partition coefficient (Wildman–Crippen LogP) is 1.63. The summed E-state index contributed by atoms with van der Waals surface area (Å²) < 4.78 is 5.59. The van der Waals surface area contributed by atoms with Gasteiger partial charge in [-0.25, -0.2) is 0 Å². The summed E-state index contributed by atoms with van der Waals surface area (Å²) in [5.74, 6) is 0.783. The summed E-state index contributed by atoms with van der Waals surface area (Å²) in [7, 11) is 0. The van der Waals surface area contributed by atoms with Crippen molar-refractivity contribution in [3.63, 3.8) is 0 Å². The molecule has 2 aliphatic heterocycles. The van der Waals surface area contributed by atoms with Gasteiger partial charge in [0.1, 0.15) is 5.75 Å². The number of carbonyl (C=O) groups is 1. The van der Waals surface area contributed by atoms with E-state index < -0.39 is 0 Å². The molecule has 1 amide bonds. The van der Waals surface area contributed by atoms with E-state index in [2.05, 4.69) is 10.2 Å². The van der Waals surface area contributed by atoms with Crippen molar-refractivity contribution in [3.8, 4) is 5.75 Å². The van der Waals surface area contributed by atoms with E-state index in [0.717, 1.165) is 39.3 Å². The first-order valence-corrected chi connectivity index (χ1v) is 8.25. The second kappa shape index (κ2) is 8.52. The second-order valence-corrected chi connectivity index (χ2v) is 5.90. The maximum absolute atomic E-state index is 12.7. The lowest BCUT2D eigenvalue weighted by atomic mass is 10.1. The summed E-state index contributed by atoms with van der Waals surface area (Å²) in [6.45, 7) is 8.25. The highest BCUT2D eigenvalue weighted by Gasteiger charge is 2.28. The zero-order chi connectivity index (χ0) is 15.4. The van der Waals surface area contributed by atoms with Gasteiger partial charge in [-0.3, -0.25) is 9.69 Å². The number of halogens is 1. The lowest BCUT2D eigenvalue weighted by molar-refractivity contribution is 0.0580. The Morgan fingerprint density at radius 3 is 2.65 bits per heavy atom. The number of rotatable bonds is 4. The molecule has 0 spiro atoms. The van der Waals surface area contributed by atoms with E-state index in [-0.39, 0.29) is 18.3 Å². The molecule has 5 nitrogen and oxygen atoms in total. The van der Waals surface area contributed by atoms with Gasteiger partial charge in [0, 0.05) is 38.8 Å². The third kappa shape index (κ3) is 4.16. The highest BCUT2D eigenvalue weighted by molar-refractivity contribution is 5.97. The first-order valence-electron chi connectivity index (χ1n) is 8.25. The van der Waals surface area contributed by atoms with Crippen LogP contribution in [-0.4, -0.2) is 67.6 Å². The molecule has 2 aliphatic rings. The molecule has 2 fully saturated rings. The van der Waals surface area contributed by atoms with E-state index in [1.165, 1.54) is 6.42 Å². The molecule has 1 atom stereocenters. The maximum atomic E-state index is 12.7. The van der Waals surface area contributed by atoms with Gasteiger partial charge in [0.05, 0.1) is 12.2 Å². The van der Waals surface area contributed by atoms with Crippen LogP contribution >= 0.6 is 12.4 Å². The molecule has 6 heteroatoms. The van der Waals surface area contributed by atoms with Gasteiger partial charge in [0.15, 0.2) is 0 Å². The van der Waals surface area contributed by atoms with Crippen molar-refractivity contribution in [2.75, 3.05) is 45.9 Å². The van der Waals surface area contributed by atoms with Gasteiger partial charge in [-0.1, -0.05) is 12.1 Å². The SMILES string of the molecule is CCOc1ccccc1C(=O)N1CCN(C2CCNC2)CC1.Cl. The van der Waals surface area contributed by atoms with Crippen LogP contribution in [0.15, 0.2) is 24.3 Å². The number of piperazine rings is 1. The van der Waals surface area contributed by atoms with Gasteiger partial charge in [-0.05, 0) is 32.0 Å². The van der Waals surface area contributed by atoms with Gasteiger partial charge in [0.2, 0.25) is 0 Å². The quantitative estimate of drug-likeness (QED) is 0.905. The van der Waals surface area contributed by atoms with Gasteiger partial charge in [-0.2, -0.15) is 0 Å². The Bertz CT molecular complexity index is 512. The minimum absolute atomic E-state index is 0. The smallest absolute Gasteiger partial charge is 0.257 e. The Morgan fingerprint density at radius 1 is 1.26 bits per heavy atom. The molecule has 0 saturated carbocycles. The minimum atomic E-state index is 0. The Labute approximate surface area is 144 Å². The summed E-state index contributed by atoms with van der Waals surface area (Å²) in [6.07, 6.45) is 1.22. The number of para-hydroxylation sites is 1. The molecule has 23 heavy (non-hydrogen) atoms. The minimum Gasteiger partial charge on any atom is -0.493 e. The van der Waals surface area contributed by atoms with Crippen molar-refractivity contribution in [3.05, 3.63) is 29.8 Å². The average molecular weight is 340 g/mol. The molecule has 0 aromatic heterocycles. The number of nitrogens with one attached hydrogen (secondary N) is 1. The summed E-state index contributed by atoms with van der Waals surface area (Å²) in [6, 6.07) is 8.19. The molecular formula is C17H26ClN3O2. The van der Waals surface area contributed by atoms with Crippen LogP contribution in [0.25, 0.3) is 0 Å². The van der Waals surface area contributed by atoms with Crippen LogP contribution in [0.3, 0.4) is 0 Å². The average Bonchev–Trinajstić information content (AvgIpc) is 3.10. The van der Waals surface area contributed by atoms with Crippen molar-refractivity contribution in [1.82, 2.24) is 15.1 Å². The third-order valence-electron chi connectivity index (χ3n) is 4.57. The fraction of sp³-hybridized carbons (Fsp3) is 0.588. The second-order valence-electron chi connectivity index (χ2n) is 5.90. The highest BCUT2D eigenvalue weighted by Crippen LogP contribution is 2.21. The van der Waals surface area contributed by atoms with E-state index >= 15 is 0 Å². The number of carbonyl (C=O) groups excluding carboxylic acids is 1. The number of hydrogen-bond acceptors (Lipinski definition) is 4. The van der Waals surface area contributed by atoms with Crippen molar-refractivity contribution < 1.29 is 9.53 Å². The van der Waals surface area contributed by atoms with Crippen LogP contribution in [0.5, 0.6) is 5.75 Å². The van der Waals surface area contributed by atoms with Crippen LogP contribution in [0.1, 0.15) is 23.7 Å². The summed E-state index contributed by atoms with van der Waals surface area (Å²) in [4.78, 5) is 17.2. The molecule has 3 rings (SSSR count). The summed E-state index contributed by atoms with van der Waals surface area (Å²) >= 11 is 0. The summed E-state index contributed by atoms with van der Waals surface area (Å²) in [5.41, 5.74) is 0.681. The van der Waals surface area contributed by atoms with Gasteiger partial charge in [0.25, 0.3) is 5.91 Å². The molecule has 1 N–H and O–H groups in total. The zero-order valence-electron chi connectivity index (χ0n) is 13.7.